The number of epoxide rings is 1. The Bertz CT molecular complexity index is 416. The quantitative estimate of drug-likeness (QED) is 0.726. The molecular weight excluding hydrogens is 286 g/mol. The third-order valence-electron chi connectivity index (χ3n) is 3.08. The van der Waals surface area contributed by atoms with E-state index >= 15 is 0 Å². The van der Waals surface area contributed by atoms with E-state index in [1.54, 1.807) is 48.5 Å². The van der Waals surface area contributed by atoms with Crippen molar-refractivity contribution in [1.29, 1.82) is 0 Å². The average Bonchev–Trinajstić information content (AvgIpc) is 2.81. The number of hydrogen-bond acceptors (Lipinski definition) is 5. The van der Waals surface area contributed by atoms with Gasteiger partial charge in [-0.1, -0.05) is 0 Å². The zero-order valence-corrected chi connectivity index (χ0v) is 15.1. The molecule has 0 aromatic carbocycles. The van der Waals surface area contributed by atoms with Crippen LogP contribution in [0.5, 0.6) is 0 Å². The molecule has 1 fully saturated rings. The van der Waals surface area contributed by atoms with Gasteiger partial charge in [0.2, 0.25) is 0 Å². The van der Waals surface area contributed by atoms with E-state index in [9.17, 15) is 9.59 Å². The molecule has 1 saturated heterocycles. The maximum atomic E-state index is 12.4. The topological polar surface area (TPSA) is 68.4 Å². The third-order valence-corrected chi connectivity index (χ3v) is 3.08. The summed E-state index contributed by atoms with van der Waals surface area (Å²) in [4.78, 5) is 25.8. The predicted octanol–water partition coefficient (Wildman–Crippen LogP) is 3.72. The maximum Gasteiger partial charge on any atom is 0.420 e. The molecule has 0 aromatic rings. The second-order valence-corrected chi connectivity index (χ2v) is 8.21. The first-order valence-electron chi connectivity index (χ1n) is 7.57. The molecule has 0 bridgehead atoms. The van der Waals surface area contributed by atoms with Crippen molar-refractivity contribution in [3.05, 3.63) is 0 Å². The van der Waals surface area contributed by atoms with Crippen LogP contribution >= 0.6 is 0 Å². The van der Waals surface area contributed by atoms with Crippen molar-refractivity contribution in [2.45, 2.75) is 91.3 Å². The summed E-state index contributed by atoms with van der Waals surface area (Å²) in [6.07, 6.45) is -1.67. The zero-order valence-electron chi connectivity index (χ0n) is 15.1. The fourth-order valence-corrected chi connectivity index (χ4v) is 2.14. The SMILES string of the molecule is C[C@@H]([C@H]1OC1(C)C)N(C(=O)OC(C)(C)C)C(=O)OC(C)(C)C. The predicted molar refractivity (Wildman–Crippen MR) is 82.7 cm³/mol. The lowest BCUT2D eigenvalue weighted by atomic mass is 10.0. The van der Waals surface area contributed by atoms with E-state index in [1.807, 2.05) is 13.8 Å². The number of hydrogen-bond donors (Lipinski definition) is 0. The van der Waals surface area contributed by atoms with Crippen molar-refractivity contribution < 1.29 is 23.8 Å². The van der Waals surface area contributed by atoms with Gasteiger partial charge >= 0.3 is 12.2 Å². The van der Waals surface area contributed by atoms with Crippen molar-refractivity contribution in [1.82, 2.24) is 4.90 Å². The summed E-state index contributed by atoms with van der Waals surface area (Å²) in [6.45, 7) is 16.1. The lowest BCUT2D eigenvalue weighted by Gasteiger charge is -2.31. The maximum absolute atomic E-state index is 12.4. The van der Waals surface area contributed by atoms with Gasteiger partial charge in [0.15, 0.2) is 0 Å². The van der Waals surface area contributed by atoms with Crippen molar-refractivity contribution in [2.24, 2.45) is 0 Å². The smallest absolute Gasteiger partial charge is 0.420 e. The van der Waals surface area contributed by atoms with E-state index < -0.39 is 29.4 Å². The van der Waals surface area contributed by atoms with E-state index in [1.165, 1.54) is 0 Å². The Morgan fingerprint density at radius 1 is 1.00 bits per heavy atom. The number of ether oxygens (including phenoxy) is 3. The van der Waals surface area contributed by atoms with Crippen molar-refractivity contribution in [3.8, 4) is 0 Å². The summed E-state index contributed by atoms with van der Waals surface area (Å²) in [7, 11) is 0. The fourth-order valence-electron chi connectivity index (χ4n) is 2.14. The molecule has 0 saturated carbocycles. The lowest BCUT2D eigenvalue weighted by molar-refractivity contribution is -0.00812. The third kappa shape index (κ3) is 5.16. The first kappa shape index (κ1) is 18.7. The second kappa shape index (κ2) is 5.72. The molecule has 0 radical (unpaired) electrons. The fraction of sp³-hybridized carbons (Fsp3) is 0.875. The Labute approximate surface area is 133 Å². The Morgan fingerprint density at radius 3 is 1.55 bits per heavy atom. The van der Waals surface area contributed by atoms with Gasteiger partial charge in [-0.2, -0.15) is 0 Å². The molecule has 1 heterocycles. The second-order valence-electron chi connectivity index (χ2n) is 8.21. The van der Waals surface area contributed by atoms with Gasteiger partial charge in [-0.05, 0) is 62.3 Å². The Morgan fingerprint density at radius 2 is 1.32 bits per heavy atom. The highest BCUT2D eigenvalue weighted by Gasteiger charge is 2.55. The van der Waals surface area contributed by atoms with Crippen LogP contribution in [0.1, 0.15) is 62.3 Å². The molecule has 0 spiro atoms. The van der Waals surface area contributed by atoms with Gasteiger partial charge in [-0.15, -0.1) is 0 Å². The first-order valence-corrected chi connectivity index (χ1v) is 7.57. The minimum absolute atomic E-state index is 0.229. The van der Waals surface area contributed by atoms with Gasteiger partial charge in [0.05, 0.1) is 11.6 Å². The van der Waals surface area contributed by atoms with Crippen LogP contribution in [0.25, 0.3) is 0 Å². The van der Waals surface area contributed by atoms with E-state index in [0.29, 0.717) is 0 Å². The molecule has 0 aromatic heterocycles. The number of imide groups is 1. The van der Waals surface area contributed by atoms with Gasteiger partial charge in [-0.3, -0.25) is 0 Å². The molecule has 2 atom stereocenters. The van der Waals surface area contributed by atoms with E-state index in [-0.39, 0.29) is 11.7 Å². The van der Waals surface area contributed by atoms with E-state index in [0.717, 1.165) is 4.90 Å². The molecule has 0 N–H and O–H groups in total. The summed E-state index contributed by atoms with van der Waals surface area (Å²) in [5.41, 5.74) is -1.75. The summed E-state index contributed by atoms with van der Waals surface area (Å²) >= 11 is 0. The normalized spacial score (nSPS) is 21.8. The molecular formula is C16H29NO5. The van der Waals surface area contributed by atoms with Crippen molar-refractivity contribution in [3.63, 3.8) is 0 Å². The molecule has 2 amide bonds. The van der Waals surface area contributed by atoms with Crippen LogP contribution in [0.4, 0.5) is 9.59 Å². The summed E-state index contributed by atoms with van der Waals surface area (Å²) in [6, 6.07) is -0.473. The molecule has 128 valence electrons. The summed E-state index contributed by atoms with van der Waals surface area (Å²) < 4.78 is 16.2. The number of nitrogens with zero attached hydrogens (tertiary/aromatic N) is 1. The van der Waals surface area contributed by atoms with Crippen LogP contribution < -0.4 is 0 Å². The summed E-state index contributed by atoms with van der Waals surface area (Å²) in [5.74, 6) is 0. The van der Waals surface area contributed by atoms with Crippen molar-refractivity contribution >= 4 is 12.2 Å². The van der Waals surface area contributed by atoms with Gasteiger partial charge in [-0.25, -0.2) is 14.5 Å². The minimum Gasteiger partial charge on any atom is -0.443 e. The van der Waals surface area contributed by atoms with Gasteiger partial charge < -0.3 is 14.2 Å². The molecule has 0 unspecified atom stereocenters. The van der Waals surface area contributed by atoms with Crippen LogP contribution in [0, 0.1) is 0 Å². The molecule has 1 aliphatic heterocycles. The standard InChI is InChI=1S/C16H29NO5/c1-10(11-16(8,9)20-11)17(12(18)21-14(2,3)4)13(19)22-15(5,6)7/h10-11H,1-9H3/t10-,11+/m0/s1. The number of carbonyl (C=O) groups is 2. The molecule has 22 heavy (non-hydrogen) atoms. The minimum atomic E-state index is -0.722. The highest BCUT2D eigenvalue weighted by atomic mass is 16.6. The van der Waals surface area contributed by atoms with Crippen LogP contribution in [-0.4, -0.2) is 46.0 Å². The molecule has 1 rings (SSSR count). The van der Waals surface area contributed by atoms with Crippen LogP contribution in [0.15, 0.2) is 0 Å². The zero-order chi connectivity index (χ0) is 17.5. The number of rotatable bonds is 2. The van der Waals surface area contributed by atoms with Crippen LogP contribution in [-0.2, 0) is 14.2 Å². The highest BCUT2D eigenvalue weighted by molar-refractivity contribution is 5.88. The first-order chi connectivity index (χ1) is 9.64. The summed E-state index contributed by atoms with van der Waals surface area (Å²) in [5, 5.41) is 0. The number of carbonyl (C=O) groups excluding carboxylic acids is 2. The van der Waals surface area contributed by atoms with Gasteiger partial charge in [0, 0.05) is 0 Å². The molecule has 0 aliphatic carbocycles. The largest absolute Gasteiger partial charge is 0.443 e. The van der Waals surface area contributed by atoms with Crippen LogP contribution in [0.2, 0.25) is 0 Å². The average molecular weight is 315 g/mol. The molecule has 1 aliphatic rings. The highest BCUT2D eigenvalue weighted by Crippen LogP contribution is 2.40. The number of amides is 2. The Hall–Kier alpha value is -1.30. The monoisotopic (exact) mass is 315 g/mol. The van der Waals surface area contributed by atoms with Crippen LogP contribution in [0.3, 0.4) is 0 Å². The Balaban J connectivity index is 2.95. The Kier molecular flexibility index (Phi) is 4.88. The lowest BCUT2D eigenvalue weighted by Crippen LogP contribution is -2.50. The van der Waals surface area contributed by atoms with E-state index in [2.05, 4.69) is 0 Å². The van der Waals surface area contributed by atoms with Gasteiger partial charge in [0.25, 0.3) is 0 Å². The van der Waals surface area contributed by atoms with E-state index in [4.69, 9.17) is 14.2 Å². The molecule has 6 heteroatoms. The van der Waals surface area contributed by atoms with Gasteiger partial charge in [0.1, 0.15) is 17.3 Å². The molecule has 6 nitrogen and oxygen atoms in total. The van der Waals surface area contributed by atoms with Crippen molar-refractivity contribution in [2.75, 3.05) is 0 Å².